The van der Waals surface area contributed by atoms with Gasteiger partial charge in [-0.3, -0.25) is 14.6 Å². The number of phenols is 1. The summed E-state index contributed by atoms with van der Waals surface area (Å²) in [6, 6.07) is 16.5. The highest BCUT2D eigenvalue weighted by molar-refractivity contribution is 5.99. The minimum absolute atomic E-state index is 0.0519. The van der Waals surface area contributed by atoms with E-state index in [2.05, 4.69) is 4.98 Å². The van der Waals surface area contributed by atoms with Crippen LogP contribution in [0.4, 0.5) is 0 Å². The molecule has 0 spiro atoms. The summed E-state index contributed by atoms with van der Waals surface area (Å²) in [5.41, 5.74) is 1.97. The zero-order valence-electron chi connectivity index (χ0n) is 15.3. The number of para-hydroxylation sites is 1. The zero-order chi connectivity index (χ0) is 20.0. The van der Waals surface area contributed by atoms with Crippen LogP contribution in [-0.4, -0.2) is 20.9 Å². The Morgan fingerprint density at radius 3 is 2.59 bits per heavy atom. The second-order valence-electron chi connectivity index (χ2n) is 6.96. The van der Waals surface area contributed by atoms with Gasteiger partial charge in [0.1, 0.15) is 11.3 Å². The summed E-state index contributed by atoms with van der Waals surface area (Å²) in [6.07, 6.45) is 3.31. The number of aromatic nitrogens is 1. The molecule has 1 aliphatic rings. The quantitative estimate of drug-likeness (QED) is 0.583. The zero-order valence-corrected chi connectivity index (χ0v) is 15.3. The number of phenolic OH excluding ortho intramolecular Hbond substituents is 1. The summed E-state index contributed by atoms with van der Waals surface area (Å²) >= 11 is 0. The maximum Gasteiger partial charge on any atom is 0.291 e. The monoisotopic (exact) mass is 384 g/mol. The fourth-order valence-corrected chi connectivity index (χ4v) is 3.86. The van der Waals surface area contributed by atoms with Gasteiger partial charge in [0.15, 0.2) is 5.43 Å². The summed E-state index contributed by atoms with van der Waals surface area (Å²) in [4.78, 5) is 32.2. The normalized spacial score (nSPS) is 15.7. The standard InChI is InChI=1S/C23H16N2O4/c26-16-5-3-4-15(12-16)20-19-21(27)17-6-1-2-7-18(17)29-22(19)23(28)25(20)13-14-8-10-24-11-9-14/h1-12,20,26H,13H2/t20-/m1/s1. The number of aromatic hydroxyl groups is 1. The third-order valence-corrected chi connectivity index (χ3v) is 5.16. The third kappa shape index (κ3) is 2.77. The van der Waals surface area contributed by atoms with Crippen molar-refractivity contribution >= 4 is 16.9 Å². The molecule has 142 valence electrons. The van der Waals surface area contributed by atoms with Gasteiger partial charge in [0, 0.05) is 18.9 Å². The van der Waals surface area contributed by atoms with E-state index in [1.54, 1.807) is 65.8 Å². The van der Waals surface area contributed by atoms with Gasteiger partial charge in [-0.15, -0.1) is 0 Å². The first-order valence-electron chi connectivity index (χ1n) is 9.18. The van der Waals surface area contributed by atoms with Gasteiger partial charge in [0.2, 0.25) is 5.76 Å². The number of rotatable bonds is 3. The number of fused-ring (bicyclic) bond motifs is 2. The van der Waals surface area contributed by atoms with Crippen molar-refractivity contribution in [3.05, 3.63) is 106 Å². The molecule has 0 radical (unpaired) electrons. The van der Waals surface area contributed by atoms with E-state index >= 15 is 0 Å². The Morgan fingerprint density at radius 2 is 1.79 bits per heavy atom. The molecule has 2 aromatic carbocycles. The van der Waals surface area contributed by atoms with Crippen molar-refractivity contribution in [3.63, 3.8) is 0 Å². The first kappa shape index (κ1) is 17.2. The highest BCUT2D eigenvalue weighted by Crippen LogP contribution is 2.39. The van der Waals surface area contributed by atoms with E-state index in [0.717, 1.165) is 5.56 Å². The third-order valence-electron chi connectivity index (χ3n) is 5.16. The van der Waals surface area contributed by atoms with Crippen molar-refractivity contribution in [2.75, 3.05) is 0 Å². The number of nitrogens with zero attached hydrogens (tertiary/aromatic N) is 2. The molecule has 0 bridgehead atoms. The second-order valence-corrected chi connectivity index (χ2v) is 6.96. The van der Waals surface area contributed by atoms with Crippen molar-refractivity contribution in [1.82, 2.24) is 9.88 Å². The van der Waals surface area contributed by atoms with E-state index in [4.69, 9.17) is 4.42 Å². The van der Waals surface area contributed by atoms with E-state index in [0.29, 0.717) is 22.1 Å². The van der Waals surface area contributed by atoms with E-state index in [1.165, 1.54) is 0 Å². The van der Waals surface area contributed by atoms with Crippen molar-refractivity contribution in [2.24, 2.45) is 0 Å². The summed E-state index contributed by atoms with van der Waals surface area (Å²) in [6.45, 7) is 0.279. The highest BCUT2D eigenvalue weighted by atomic mass is 16.3. The Bertz CT molecular complexity index is 1300. The number of amides is 1. The molecule has 2 aromatic heterocycles. The number of pyridine rings is 1. The van der Waals surface area contributed by atoms with Gasteiger partial charge in [-0.1, -0.05) is 24.3 Å². The average molecular weight is 384 g/mol. The topological polar surface area (TPSA) is 83.6 Å². The minimum atomic E-state index is -0.654. The fourth-order valence-electron chi connectivity index (χ4n) is 3.86. The average Bonchev–Trinajstić information content (AvgIpc) is 3.01. The molecule has 0 saturated heterocycles. The lowest BCUT2D eigenvalue weighted by molar-refractivity contribution is 0.0714. The van der Waals surface area contributed by atoms with Crippen molar-refractivity contribution in [1.29, 1.82) is 0 Å². The summed E-state index contributed by atoms with van der Waals surface area (Å²) in [7, 11) is 0. The SMILES string of the molecule is O=C1c2oc3ccccc3c(=O)c2[C@@H](c2cccc(O)c2)N1Cc1ccncc1. The largest absolute Gasteiger partial charge is 0.508 e. The number of carbonyl (C=O) groups excluding carboxylic acids is 1. The van der Waals surface area contributed by atoms with Gasteiger partial charge in [0.25, 0.3) is 5.91 Å². The van der Waals surface area contributed by atoms with Crippen LogP contribution in [-0.2, 0) is 6.54 Å². The van der Waals surface area contributed by atoms with Gasteiger partial charge in [-0.25, -0.2) is 0 Å². The highest BCUT2D eigenvalue weighted by Gasteiger charge is 2.42. The van der Waals surface area contributed by atoms with Gasteiger partial charge in [0.05, 0.1) is 17.0 Å². The number of hydrogen-bond donors (Lipinski definition) is 1. The van der Waals surface area contributed by atoms with Gasteiger partial charge in [-0.05, 0) is 47.5 Å². The number of benzene rings is 2. The first-order valence-corrected chi connectivity index (χ1v) is 9.18. The van der Waals surface area contributed by atoms with E-state index in [-0.39, 0.29) is 29.4 Å². The molecule has 1 N–H and O–H groups in total. The molecule has 1 atom stereocenters. The molecule has 3 heterocycles. The van der Waals surface area contributed by atoms with Crippen LogP contribution in [0.2, 0.25) is 0 Å². The fraction of sp³-hybridized carbons (Fsp3) is 0.0870. The van der Waals surface area contributed by atoms with E-state index in [1.807, 2.05) is 12.1 Å². The predicted molar refractivity (Wildman–Crippen MR) is 107 cm³/mol. The Morgan fingerprint density at radius 1 is 1.00 bits per heavy atom. The molecule has 0 saturated carbocycles. The van der Waals surface area contributed by atoms with Crippen LogP contribution in [0.5, 0.6) is 5.75 Å². The van der Waals surface area contributed by atoms with Crippen LogP contribution in [0.25, 0.3) is 11.0 Å². The summed E-state index contributed by atoms with van der Waals surface area (Å²) in [5.74, 6) is -0.235. The van der Waals surface area contributed by atoms with Crippen molar-refractivity contribution < 1.29 is 14.3 Å². The molecule has 0 aliphatic carbocycles. The Balaban J connectivity index is 1.74. The van der Waals surface area contributed by atoms with Crippen LogP contribution in [0.1, 0.15) is 33.3 Å². The Labute approximate surface area is 165 Å². The van der Waals surface area contributed by atoms with Gasteiger partial charge in [-0.2, -0.15) is 0 Å². The van der Waals surface area contributed by atoms with Crippen LogP contribution >= 0.6 is 0 Å². The first-order chi connectivity index (χ1) is 14.1. The maximum absolute atomic E-state index is 13.3. The molecule has 4 aromatic rings. The summed E-state index contributed by atoms with van der Waals surface area (Å²) < 4.78 is 5.88. The van der Waals surface area contributed by atoms with E-state index < -0.39 is 6.04 Å². The molecular weight excluding hydrogens is 368 g/mol. The minimum Gasteiger partial charge on any atom is -0.508 e. The summed E-state index contributed by atoms with van der Waals surface area (Å²) in [5, 5.41) is 10.4. The molecular formula is C23H16N2O4. The molecule has 0 unspecified atom stereocenters. The van der Waals surface area contributed by atoms with Crippen LogP contribution in [0.15, 0.2) is 82.3 Å². The molecule has 1 aliphatic heterocycles. The second kappa shape index (κ2) is 6.60. The molecule has 6 heteroatoms. The van der Waals surface area contributed by atoms with Crippen molar-refractivity contribution in [3.8, 4) is 5.75 Å². The number of hydrogen-bond acceptors (Lipinski definition) is 5. The lowest BCUT2D eigenvalue weighted by Gasteiger charge is -2.25. The van der Waals surface area contributed by atoms with E-state index in [9.17, 15) is 14.7 Å². The number of carbonyl (C=O) groups is 1. The van der Waals surface area contributed by atoms with Crippen molar-refractivity contribution in [2.45, 2.75) is 12.6 Å². The molecule has 5 rings (SSSR count). The van der Waals surface area contributed by atoms with Gasteiger partial charge >= 0.3 is 0 Å². The molecule has 0 fully saturated rings. The molecule has 29 heavy (non-hydrogen) atoms. The Kier molecular flexibility index (Phi) is 3.91. The molecule has 1 amide bonds. The van der Waals surface area contributed by atoms with Crippen LogP contribution in [0.3, 0.4) is 0 Å². The lowest BCUT2D eigenvalue weighted by Crippen LogP contribution is -2.29. The molecule has 6 nitrogen and oxygen atoms in total. The van der Waals surface area contributed by atoms with Crippen LogP contribution in [0, 0.1) is 0 Å². The maximum atomic E-state index is 13.3. The van der Waals surface area contributed by atoms with Gasteiger partial charge < -0.3 is 14.4 Å². The Hall–Kier alpha value is -3.93. The smallest absolute Gasteiger partial charge is 0.291 e. The lowest BCUT2D eigenvalue weighted by atomic mass is 9.98. The predicted octanol–water partition coefficient (Wildman–Crippen LogP) is 3.64. The van der Waals surface area contributed by atoms with Crippen LogP contribution < -0.4 is 5.43 Å².